The van der Waals surface area contributed by atoms with Gasteiger partial charge in [-0.05, 0) is 19.3 Å². The van der Waals surface area contributed by atoms with Gasteiger partial charge >= 0.3 is 0 Å². The van der Waals surface area contributed by atoms with Gasteiger partial charge in [0.2, 0.25) is 0 Å². The Labute approximate surface area is 139 Å². The molecule has 2 N–H and O–H groups in total. The van der Waals surface area contributed by atoms with E-state index in [0.29, 0.717) is 0 Å². The first-order valence-electron chi connectivity index (χ1n) is 9.78. The number of aliphatic hydroxyl groups excluding tert-OH is 2. The SMILES string of the molecule is CCCCCCCCCCCCCCCC(O)CC/C=C\O. The molecule has 2 heteroatoms. The van der Waals surface area contributed by atoms with Crippen molar-refractivity contribution in [1.29, 1.82) is 0 Å². The molecule has 0 bridgehead atoms. The summed E-state index contributed by atoms with van der Waals surface area (Å²) in [7, 11) is 0. The van der Waals surface area contributed by atoms with E-state index in [0.717, 1.165) is 31.9 Å². The Morgan fingerprint density at radius 1 is 0.682 bits per heavy atom. The minimum Gasteiger partial charge on any atom is -0.516 e. The Kier molecular flexibility index (Phi) is 18.1. The molecule has 0 heterocycles. The van der Waals surface area contributed by atoms with E-state index >= 15 is 0 Å². The summed E-state index contributed by atoms with van der Waals surface area (Å²) < 4.78 is 0. The fourth-order valence-electron chi connectivity index (χ4n) is 2.91. The standard InChI is InChI=1S/C20H40O2/c1-2-3-4-5-6-7-8-9-10-11-12-13-14-17-20(22)18-15-16-19-21/h16,19-22H,2-15,17-18H2,1H3/b19-16-. The summed E-state index contributed by atoms with van der Waals surface area (Å²) >= 11 is 0. The number of rotatable bonds is 17. The summed E-state index contributed by atoms with van der Waals surface area (Å²) in [6.07, 6.45) is 22.8. The molecule has 132 valence electrons. The lowest BCUT2D eigenvalue weighted by molar-refractivity contribution is 0.152. The second kappa shape index (κ2) is 18.5. The van der Waals surface area contributed by atoms with E-state index in [1.807, 2.05) is 0 Å². The third-order valence-corrected chi connectivity index (χ3v) is 4.41. The maximum Gasteiger partial charge on any atom is 0.0751 e. The van der Waals surface area contributed by atoms with Crippen LogP contribution in [0.5, 0.6) is 0 Å². The van der Waals surface area contributed by atoms with Gasteiger partial charge in [0.1, 0.15) is 0 Å². The van der Waals surface area contributed by atoms with Gasteiger partial charge in [0, 0.05) is 0 Å². The number of allylic oxidation sites excluding steroid dienone is 1. The highest BCUT2D eigenvalue weighted by Crippen LogP contribution is 2.14. The van der Waals surface area contributed by atoms with Crippen molar-refractivity contribution in [3.63, 3.8) is 0 Å². The largest absolute Gasteiger partial charge is 0.516 e. The molecule has 0 radical (unpaired) electrons. The first-order chi connectivity index (χ1) is 10.8. The topological polar surface area (TPSA) is 40.5 Å². The summed E-state index contributed by atoms with van der Waals surface area (Å²) in [6.45, 7) is 2.27. The van der Waals surface area contributed by atoms with Crippen molar-refractivity contribution in [3.05, 3.63) is 12.3 Å². The van der Waals surface area contributed by atoms with E-state index in [-0.39, 0.29) is 6.10 Å². The van der Waals surface area contributed by atoms with Gasteiger partial charge in [-0.15, -0.1) is 0 Å². The van der Waals surface area contributed by atoms with Gasteiger partial charge < -0.3 is 10.2 Å². The predicted molar refractivity (Wildman–Crippen MR) is 97.3 cm³/mol. The van der Waals surface area contributed by atoms with Crippen LogP contribution in [0.15, 0.2) is 12.3 Å². The zero-order chi connectivity index (χ0) is 16.3. The zero-order valence-electron chi connectivity index (χ0n) is 14.9. The monoisotopic (exact) mass is 312 g/mol. The van der Waals surface area contributed by atoms with Gasteiger partial charge in [0.25, 0.3) is 0 Å². The van der Waals surface area contributed by atoms with Crippen molar-refractivity contribution in [2.75, 3.05) is 0 Å². The summed E-state index contributed by atoms with van der Waals surface area (Å²) in [5.74, 6) is 0. The van der Waals surface area contributed by atoms with Crippen LogP contribution in [-0.2, 0) is 0 Å². The normalized spacial score (nSPS) is 13.0. The average Bonchev–Trinajstić information content (AvgIpc) is 2.52. The lowest BCUT2D eigenvalue weighted by Gasteiger charge is -2.08. The maximum atomic E-state index is 9.74. The fraction of sp³-hybridized carbons (Fsp3) is 0.900. The molecular formula is C20H40O2. The van der Waals surface area contributed by atoms with Crippen LogP contribution in [0.1, 0.15) is 110 Å². The average molecular weight is 313 g/mol. The van der Waals surface area contributed by atoms with Gasteiger partial charge in [-0.1, -0.05) is 96.5 Å². The molecule has 0 aromatic carbocycles. The number of hydrogen-bond acceptors (Lipinski definition) is 2. The van der Waals surface area contributed by atoms with Crippen LogP contribution in [0, 0.1) is 0 Å². The third kappa shape index (κ3) is 17.6. The van der Waals surface area contributed by atoms with Crippen molar-refractivity contribution >= 4 is 0 Å². The van der Waals surface area contributed by atoms with E-state index in [9.17, 15) is 5.11 Å². The van der Waals surface area contributed by atoms with Crippen LogP contribution in [0.2, 0.25) is 0 Å². The van der Waals surface area contributed by atoms with E-state index in [1.165, 1.54) is 77.0 Å². The minimum atomic E-state index is -0.191. The molecule has 0 saturated carbocycles. The van der Waals surface area contributed by atoms with Gasteiger partial charge in [-0.25, -0.2) is 0 Å². The molecule has 22 heavy (non-hydrogen) atoms. The maximum absolute atomic E-state index is 9.74. The molecule has 0 aliphatic heterocycles. The van der Waals surface area contributed by atoms with Crippen LogP contribution in [-0.4, -0.2) is 16.3 Å². The quantitative estimate of drug-likeness (QED) is 0.232. The van der Waals surface area contributed by atoms with Gasteiger partial charge in [0.15, 0.2) is 0 Å². The molecule has 0 fully saturated rings. The molecule has 0 aliphatic rings. The van der Waals surface area contributed by atoms with Crippen molar-refractivity contribution in [1.82, 2.24) is 0 Å². The molecule has 0 aliphatic carbocycles. The summed E-state index contributed by atoms with van der Waals surface area (Å²) in [6, 6.07) is 0. The van der Waals surface area contributed by atoms with Crippen LogP contribution in [0.25, 0.3) is 0 Å². The Morgan fingerprint density at radius 2 is 1.14 bits per heavy atom. The minimum absolute atomic E-state index is 0.191. The first-order valence-corrected chi connectivity index (χ1v) is 9.78. The molecule has 0 spiro atoms. The second-order valence-corrected chi connectivity index (χ2v) is 6.65. The summed E-state index contributed by atoms with van der Waals surface area (Å²) in [4.78, 5) is 0. The van der Waals surface area contributed by atoms with Crippen LogP contribution < -0.4 is 0 Å². The summed E-state index contributed by atoms with van der Waals surface area (Å²) in [5.41, 5.74) is 0. The first kappa shape index (κ1) is 21.5. The Hall–Kier alpha value is -0.500. The highest BCUT2D eigenvalue weighted by atomic mass is 16.3. The molecule has 1 unspecified atom stereocenters. The van der Waals surface area contributed by atoms with Crippen molar-refractivity contribution in [2.45, 2.75) is 116 Å². The molecule has 0 amide bonds. The number of aliphatic hydroxyl groups is 2. The molecule has 0 saturated heterocycles. The van der Waals surface area contributed by atoms with Crippen molar-refractivity contribution < 1.29 is 10.2 Å². The van der Waals surface area contributed by atoms with E-state index in [4.69, 9.17) is 5.11 Å². The van der Waals surface area contributed by atoms with Gasteiger partial charge in [0.05, 0.1) is 12.4 Å². The third-order valence-electron chi connectivity index (χ3n) is 4.41. The Bertz CT molecular complexity index is 226. The number of unbranched alkanes of at least 4 members (excludes halogenated alkanes) is 12. The van der Waals surface area contributed by atoms with Crippen molar-refractivity contribution in [3.8, 4) is 0 Å². The van der Waals surface area contributed by atoms with Gasteiger partial charge in [-0.3, -0.25) is 0 Å². The molecule has 1 atom stereocenters. The second-order valence-electron chi connectivity index (χ2n) is 6.65. The van der Waals surface area contributed by atoms with Crippen LogP contribution in [0.4, 0.5) is 0 Å². The lowest BCUT2D eigenvalue weighted by atomic mass is 10.0. The van der Waals surface area contributed by atoms with Crippen LogP contribution >= 0.6 is 0 Å². The summed E-state index contributed by atoms with van der Waals surface area (Å²) in [5, 5.41) is 18.3. The van der Waals surface area contributed by atoms with Crippen LogP contribution in [0.3, 0.4) is 0 Å². The van der Waals surface area contributed by atoms with Crippen molar-refractivity contribution in [2.24, 2.45) is 0 Å². The van der Waals surface area contributed by atoms with Gasteiger partial charge in [-0.2, -0.15) is 0 Å². The Morgan fingerprint density at radius 3 is 1.59 bits per heavy atom. The van der Waals surface area contributed by atoms with E-state index in [2.05, 4.69) is 6.92 Å². The highest BCUT2D eigenvalue weighted by molar-refractivity contribution is 4.73. The molecule has 0 rings (SSSR count). The smallest absolute Gasteiger partial charge is 0.0751 e. The highest BCUT2D eigenvalue weighted by Gasteiger charge is 2.02. The van der Waals surface area contributed by atoms with E-state index in [1.54, 1.807) is 6.08 Å². The molecular weight excluding hydrogens is 272 g/mol. The predicted octanol–water partition coefficient (Wildman–Crippen LogP) is 6.68. The molecule has 2 nitrogen and oxygen atoms in total. The fourth-order valence-corrected chi connectivity index (χ4v) is 2.91. The molecule has 0 aromatic rings. The lowest BCUT2D eigenvalue weighted by Crippen LogP contribution is -2.05. The molecule has 0 aromatic heterocycles. The zero-order valence-corrected chi connectivity index (χ0v) is 14.9. The van der Waals surface area contributed by atoms with E-state index < -0.39 is 0 Å². The number of hydrogen-bond donors (Lipinski definition) is 2. The Balaban J connectivity index is 3.08.